The van der Waals surface area contributed by atoms with Crippen molar-refractivity contribution in [3.05, 3.63) is 101 Å². The zero-order valence-corrected chi connectivity index (χ0v) is 23.1. The largest absolute Gasteiger partial charge is 0.487 e. The number of alkyl carbamates (subject to hydrolysis) is 1. The lowest BCUT2D eigenvalue weighted by molar-refractivity contribution is -0.123. The molecule has 1 aliphatic heterocycles. The van der Waals surface area contributed by atoms with Gasteiger partial charge in [-0.05, 0) is 47.5 Å². The van der Waals surface area contributed by atoms with Crippen LogP contribution in [0.25, 0.3) is 0 Å². The Morgan fingerprint density at radius 2 is 1.57 bits per heavy atom. The number of rotatable bonds is 11. The molecule has 236 valence electrons. The second kappa shape index (κ2) is 14.6. The number of benzene rings is 3. The van der Waals surface area contributed by atoms with Crippen LogP contribution in [0.1, 0.15) is 27.4 Å². The molecule has 0 saturated carbocycles. The monoisotopic (exact) mass is 625 g/mol. The maximum atomic E-state index is 15.0. The normalized spacial score (nSPS) is 17.6. The van der Waals surface area contributed by atoms with E-state index in [1.807, 2.05) is 0 Å². The Morgan fingerprint density at radius 3 is 2.11 bits per heavy atom. The van der Waals surface area contributed by atoms with E-state index in [4.69, 9.17) is 19.9 Å². The maximum absolute atomic E-state index is 15.0. The molecule has 1 saturated heterocycles. The number of alkyl halides is 3. The smallest absolute Gasteiger partial charge is 0.407 e. The number of carbonyl (C=O) groups excluding carboxylic acids is 2. The number of halogens is 6. The molecule has 4 N–H and O–H groups in total. The highest BCUT2D eigenvalue weighted by Gasteiger charge is 2.32. The van der Waals surface area contributed by atoms with E-state index in [-0.39, 0.29) is 37.7 Å². The highest BCUT2D eigenvalue weighted by atomic mass is 19.4. The summed E-state index contributed by atoms with van der Waals surface area (Å²) in [6, 6.07) is 12.6. The average molecular weight is 626 g/mol. The quantitative estimate of drug-likeness (QED) is 0.213. The van der Waals surface area contributed by atoms with Crippen molar-refractivity contribution >= 4 is 11.9 Å². The van der Waals surface area contributed by atoms with E-state index >= 15 is 0 Å². The zero-order chi connectivity index (χ0) is 31.9. The summed E-state index contributed by atoms with van der Waals surface area (Å²) >= 11 is 0. The van der Waals surface area contributed by atoms with E-state index in [1.54, 1.807) is 5.32 Å². The molecule has 0 spiro atoms. The van der Waals surface area contributed by atoms with Crippen LogP contribution in [0.4, 0.5) is 31.1 Å². The molecule has 44 heavy (non-hydrogen) atoms. The Kier molecular flexibility index (Phi) is 10.8. The molecule has 0 aromatic heterocycles. The van der Waals surface area contributed by atoms with Crippen LogP contribution in [0.5, 0.6) is 5.75 Å². The molecule has 0 radical (unpaired) electrons. The molecule has 1 heterocycles. The van der Waals surface area contributed by atoms with Crippen molar-refractivity contribution in [3.63, 3.8) is 0 Å². The van der Waals surface area contributed by atoms with Crippen LogP contribution in [-0.4, -0.2) is 69.2 Å². The molecular weight excluding hydrogens is 596 g/mol. The average Bonchev–Trinajstić information content (AvgIpc) is 3.00. The fourth-order valence-electron chi connectivity index (χ4n) is 4.59. The molecule has 4 rings (SSSR count). The van der Waals surface area contributed by atoms with Crippen LogP contribution in [0.3, 0.4) is 0 Å². The number of Topliss-reactive ketones (excluding diaryl/α,β-unsaturated/α-hetero) is 1. The van der Waals surface area contributed by atoms with Crippen molar-refractivity contribution in [1.29, 1.82) is 0 Å². The number of nitrogens with one attached hydrogen (secondary N) is 2. The van der Waals surface area contributed by atoms with Crippen LogP contribution in [0.2, 0.25) is 0 Å². The predicted molar refractivity (Wildman–Crippen MR) is 146 cm³/mol. The summed E-state index contributed by atoms with van der Waals surface area (Å²) in [6.07, 6.45) is -6.42. The molecule has 3 aromatic carbocycles. The molecule has 0 unspecified atom stereocenters. The van der Waals surface area contributed by atoms with Gasteiger partial charge in [-0.15, -0.1) is 0 Å². The van der Waals surface area contributed by atoms with Crippen LogP contribution >= 0.6 is 0 Å². The summed E-state index contributed by atoms with van der Waals surface area (Å²) < 4.78 is 94.9. The standard InChI is InChI=1S/C30H29F6N3O5/c31-19-8-4-17(5-9-19)25(18-6-10-20(32)11-7-18)26(37)27(40)23-2-1-3-24(33)28(23)43-15-22-12-38-21(13-42-22)14-44-29(41)39-16-30(34,35)36/h1-11,21-22,25-26,38H,12-16,37H2,(H,39,41)/t21-,22-,26-/m0/s1. The third-order valence-corrected chi connectivity index (χ3v) is 6.78. The third kappa shape index (κ3) is 8.94. The van der Waals surface area contributed by atoms with Gasteiger partial charge in [0, 0.05) is 12.5 Å². The summed E-state index contributed by atoms with van der Waals surface area (Å²) in [5.74, 6) is -3.71. The number of ketones is 1. The van der Waals surface area contributed by atoms with Gasteiger partial charge < -0.3 is 30.6 Å². The zero-order valence-electron chi connectivity index (χ0n) is 23.1. The Morgan fingerprint density at radius 1 is 0.955 bits per heavy atom. The predicted octanol–water partition coefficient (Wildman–Crippen LogP) is 4.47. The molecule has 3 atom stereocenters. The highest BCUT2D eigenvalue weighted by molar-refractivity contribution is 6.03. The lowest BCUT2D eigenvalue weighted by atomic mass is 9.82. The lowest BCUT2D eigenvalue weighted by Crippen LogP contribution is -2.51. The van der Waals surface area contributed by atoms with E-state index in [0.29, 0.717) is 11.1 Å². The Bertz CT molecular complexity index is 1370. The lowest BCUT2D eigenvalue weighted by Gasteiger charge is -2.30. The molecule has 14 heteroatoms. The molecule has 1 amide bonds. The number of hydrogen-bond acceptors (Lipinski definition) is 7. The van der Waals surface area contributed by atoms with E-state index in [1.165, 1.54) is 60.7 Å². The molecule has 1 fully saturated rings. The van der Waals surface area contributed by atoms with Crippen LogP contribution in [-0.2, 0) is 9.47 Å². The third-order valence-electron chi connectivity index (χ3n) is 6.78. The number of hydrogen-bond donors (Lipinski definition) is 3. The van der Waals surface area contributed by atoms with Gasteiger partial charge in [-0.25, -0.2) is 18.0 Å². The first kappa shape index (κ1) is 32.8. The van der Waals surface area contributed by atoms with Crippen molar-refractivity contribution in [2.45, 2.75) is 30.3 Å². The Balaban J connectivity index is 1.40. The maximum Gasteiger partial charge on any atom is 0.407 e. The number of para-hydroxylation sites is 1. The van der Waals surface area contributed by atoms with Gasteiger partial charge in [-0.2, -0.15) is 13.2 Å². The SMILES string of the molecule is N[C@H](C(=O)c1cccc(F)c1OC[C@@H]1CN[C@H](COC(=O)NCC(F)(F)F)CO1)C(c1ccc(F)cc1)c1ccc(F)cc1. The molecule has 0 bridgehead atoms. The first-order chi connectivity index (χ1) is 20.9. The van der Waals surface area contributed by atoms with Crippen molar-refractivity contribution < 1.29 is 50.1 Å². The topological polar surface area (TPSA) is 112 Å². The summed E-state index contributed by atoms with van der Waals surface area (Å²) in [4.78, 5) is 25.1. The van der Waals surface area contributed by atoms with Gasteiger partial charge >= 0.3 is 12.3 Å². The fourth-order valence-corrected chi connectivity index (χ4v) is 4.59. The van der Waals surface area contributed by atoms with Crippen molar-refractivity contribution in [2.75, 3.05) is 32.9 Å². The van der Waals surface area contributed by atoms with Gasteiger partial charge in [0.1, 0.15) is 37.5 Å². The minimum atomic E-state index is -4.57. The summed E-state index contributed by atoms with van der Waals surface area (Å²) in [5, 5.41) is 4.59. The van der Waals surface area contributed by atoms with E-state index in [9.17, 15) is 35.9 Å². The summed E-state index contributed by atoms with van der Waals surface area (Å²) in [7, 11) is 0. The first-order valence-corrected chi connectivity index (χ1v) is 13.5. The van der Waals surface area contributed by atoms with Gasteiger partial charge in [0.25, 0.3) is 0 Å². The highest BCUT2D eigenvalue weighted by Crippen LogP contribution is 2.32. The number of nitrogens with two attached hydrogens (primary N) is 1. The molecular formula is C30H29F6N3O5. The fraction of sp³-hybridized carbons (Fsp3) is 0.333. The summed E-state index contributed by atoms with van der Waals surface area (Å²) in [6.45, 7) is -1.81. The van der Waals surface area contributed by atoms with Gasteiger partial charge in [-0.3, -0.25) is 4.79 Å². The molecule has 3 aromatic rings. The first-order valence-electron chi connectivity index (χ1n) is 13.5. The minimum absolute atomic E-state index is 0.00549. The van der Waals surface area contributed by atoms with Gasteiger partial charge in [0.05, 0.1) is 24.3 Å². The van der Waals surface area contributed by atoms with Crippen molar-refractivity contribution in [1.82, 2.24) is 10.6 Å². The Labute approximate surface area is 248 Å². The molecule has 0 aliphatic carbocycles. The molecule has 1 aliphatic rings. The van der Waals surface area contributed by atoms with Gasteiger partial charge in [0.15, 0.2) is 17.3 Å². The van der Waals surface area contributed by atoms with Crippen LogP contribution < -0.4 is 21.1 Å². The van der Waals surface area contributed by atoms with Crippen molar-refractivity contribution in [2.24, 2.45) is 5.73 Å². The second-order valence-electron chi connectivity index (χ2n) is 10.0. The number of ether oxygens (including phenoxy) is 3. The van der Waals surface area contributed by atoms with Crippen LogP contribution in [0, 0.1) is 17.5 Å². The van der Waals surface area contributed by atoms with E-state index in [0.717, 1.165) is 6.07 Å². The van der Waals surface area contributed by atoms with Crippen LogP contribution in [0.15, 0.2) is 66.7 Å². The Hall–Kier alpha value is -4.14. The second-order valence-corrected chi connectivity index (χ2v) is 10.0. The number of amides is 1. The van der Waals surface area contributed by atoms with E-state index < -0.39 is 66.2 Å². The van der Waals surface area contributed by atoms with E-state index in [2.05, 4.69) is 5.32 Å². The molecule has 8 nitrogen and oxygen atoms in total. The summed E-state index contributed by atoms with van der Waals surface area (Å²) in [5.41, 5.74) is 7.27. The van der Waals surface area contributed by atoms with Gasteiger partial charge in [-0.1, -0.05) is 30.3 Å². The number of carbonyl (C=O) groups is 2. The number of morpholine rings is 1. The van der Waals surface area contributed by atoms with Gasteiger partial charge in [0.2, 0.25) is 0 Å². The minimum Gasteiger partial charge on any atom is -0.487 e. The van der Waals surface area contributed by atoms with Crippen molar-refractivity contribution in [3.8, 4) is 5.75 Å².